The van der Waals surface area contributed by atoms with Gasteiger partial charge >= 0.3 is 0 Å². The molecular formula is C14H13NO2. The molecule has 3 rings (SSSR count). The summed E-state index contributed by atoms with van der Waals surface area (Å²) in [7, 11) is 0. The molecule has 0 atom stereocenters. The lowest BCUT2D eigenvalue weighted by atomic mass is 10.1. The Balaban J connectivity index is 2.24. The number of pyridine rings is 1. The molecule has 86 valence electrons. The van der Waals surface area contributed by atoms with E-state index in [1.165, 1.54) is 6.07 Å². The maximum atomic E-state index is 11.9. The summed E-state index contributed by atoms with van der Waals surface area (Å²) in [6.45, 7) is 0. The van der Waals surface area contributed by atoms with Gasteiger partial charge in [-0.05, 0) is 18.4 Å². The number of hydrogen-bond donors (Lipinski definition) is 1. The first-order valence-electron chi connectivity index (χ1n) is 5.77. The van der Waals surface area contributed by atoms with Crippen LogP contribution < -0.4 is 5.56 Å². The molecule has 1 saturated carbocycles. The van der Waals surface area contributed by atoms with Gasteiger partial charge in [0.25, 0.3) is 5.56 Å². The van der Waals surface area contributed by atoms with Gasteiger partial charge in [0.2, 0.25) is 0 Å². The third-order valence-corrected chi connectivity index (χ3v) is 3.03. The molecule has 0 aliphatic heterocycles. The van der Waals surface area contributed by atoms with Crippen LogP contribution in [0.4, 0.5) is 0 Å². The zero-order valence-electron chi connectivity index (χ0n) is 9.34. The smallest absolute Gasteiger partial charge is 0.254 e. The van der Waals surface area contributed by atoms with Crippen LogP contribution in [0.2, 0.25) is 0 Å². The molecule has 0 saturated heterocycles. The minimum absolute atomic E-state index is 0.0331. The van der Waals surface area contributed by atoms with Crippen molar-refractivity contribution in [3.05, 3.63) is 52.8 Å². The second-order valence-corrected chi connectivity index (χ2v) is 4.40. The first-order valence-corrected chi connectivity index (χ1v) is 5.77. The SMILES string of the molecule is O=c1cc(O)cc(-c2ccccc2)n1C1CC1. The van der Waals surface area contributed by atoms with Crippen LogP contribution >= 0.6 is 0 Å². The van der Waals surface area contributed by atoms with Gasteiger partial charge in [-0.2, -0.15) is 0 Å². The summed E-state index contributed by atoms with van der Waals surface area (Å²) in [6.07, 6.45) is 2.09. The van der Waals surface area contributed by atoms with Gasteiger partial charge in [-0.1, -0.05) is 30.3 Å². The fraction of sp³-hybridized carbons (Fsp3) is 0.214. The van der Waals surface area contributed by atoms with Crippen LogP contribution in [0.1, 0.15) is 18.9 Å². The maximum Gasteiger partial charge on any atom is 0.254 e. The predicted octanol–water partition coefficient (Wildman–Crippen LogP) is 2.56. The normalized spacial score (nSPS) is 14.8. The fourth-order valence-electron chi connectivity index (χ4n) is 2.11. The van der Waals surface area contributed by atoms with Gasteiger partial charge in [0.1, 0.15) is 5.75 Å². The molecule has 0 unspecified atom stereocenters. The van der Waals surface area contributed by atoms with Crippen molar-refractivity contribution in [2.24, 2.45) is 0 Å². The van der Waals surface area contributed by atoms with Crippen molar-refractivity contribution >= 4 is 0 Å². The summed E-state index contributed by atoms with van der Waals surface area (Å²) < 4.78 is 1.79. The van der Waals surface area contributed by atoms with Crippen LogP contribution in [0.5, 0.6) is 5.75 Å². The highest BCUT2D eigenvalue weighted by Gasteiger charge is 2.27. The zero-order chi connectivity index (χ0) is 11.8. The van der Waals surface area contributed by atoms with Crippen molar-refractivity contribution in [3.8, 4) is 17.0 Å². The fourth-order valence-corrected chi connectivity index (χ4v) is 2.11. The number of rotatable bonds is 2. The molecule has 1 fully saturated rings. The summed E-state index contributed by atoms with van der Waals surface area (Å²) in [6, 6.07) is 13.0. The molecule has 0 amide bonds. The van der Waals surface area contributed by atoms with E-state index in [0.717, 1.165) is 24.1 Å². The number of aromatic nitrogens is 1. The molecule has 1 N–H and O–H groups in total. The molecule has 1 heterocycles. The van der Waals surface area contributed by atoms with E-state index in [4.69, 9.17) is 0 Å². The minimum atomic E-state index is -0.119. The van der Waals surface area contributed by atoms with Crippen LogP contribution in [0.25, 0.3) is 11.3 Å². The lowest BCUT2D eigenvalue weighted by Crippen LogP contribution is -2.19. The lowest BCUT2D eigenvalue weighted by Gasteiger charge is -2.12. The highest BCUT2D eigenvalue weighted by atomic mass is 16.3. The molecule has 0 radical (unpaired) electrons. The molecule has 3 heteroatoms. The highest BCUT2D eigenvalue weighted by Crippen LogP contribution is 2.37. The minimum Gasteiger partial charge on any atom is -0.508 e. The number of hydrogen-bond acceptors (Lipinski definition) is 2. The summed E-state index contributed by atoms with van der Waals surface area (Å²) in [4.78, 5) is 11.9. The summed E-state index contributed by atoms with van der Waals surface area (Å²) in [5.41, 5.74) is 1.65. The van der Waals surface area contributed by atoms with E-state index in [1.807, 2.05) is 30.3 Å². The van der Waals surface area contributed by atoms with Crippen LogP contribution in [-0.2, 0) is 0 Å². The molecule has 2 aromatic rings. The standard InChI is InChI=1S/C14H13NO2/c16-12-8-13(10-4-2-1-3-5-10)15(11-6-7-11)14(17)9-12/h1-5,8-9,11,16H,6-7H2. The topological polar surface area (TPSA) is 42.2 Å². The van der Waals surface area contributed by atoms with E-state index < -0.39 is 0 Å². The average molecular weight is 227 g/mol. The Kier molecular flexibility index (Phi) is 2.25. The molecule has 1 aliphatic rings. The number of nitrogens with zero attached hydrogens (tertiary/aromatic N) is 1. The van der Waals surface area contributed by atoms with Gasteiger partial charge in [-0.15, -0.1) is 0 Å². The molecule has 1 aromatic heterocycles. The maximum absolute atomic E-state index is 11.9. The Bertz CT molecular complexity index is 597. The third kappa shape index (κ3) is 1.84. The summed E-state index contributed by atoms with van der Waals surface area (Å²) in [5.74, 6) is 0.0331. The monoisotopic (exact) mass is 227 g/mol. The van der Waals surface area contributed by atoms with Gasteiger partial charge in [0.05, 0.1) is 5.69 Å². The molecule has 0 spiro atoms. The molecule has 1 aliphatic carbocycles. The zero-order valence-corrected chi connectivity index (χ0v) is 9.34. The predicted molar refractivity (Wildman–Crippen MR) is 66.1 cm³/mol. The van der Waals surface area contributed by atoms with Crippen LogP contribution in [0, 0.1) is 0 Å². The van der Waals surface area contributed by atoms with Gasteiger partial charge in [0.15, 0.2) is 0 Å². The lowest BCUT2D eigenvalue weighted by molar-refractivity contribution is 0.471. The Morgan fingerprint density at radius 3 is 2.47 bits per heavy atom. The van der Waals surface area contributed by atoms with E-state index in [9.17, 15) is 9.90 Å². The average Bonchev–Trinajstić information content (AvgIpc) is 3.13. The van der Waals surface area contributed by atoms with E-state index in [-0.39, 0.29) is 11.3 Å². The van der Waals surface area contributed by atoms with Crippen molar-refractivity contribution in [2.45, 2.75) is 18.9 Å². The van der Waals surface area contributed by atoms with Gasteiger partial charge in [0, 0.05) is 18.2 Å². The summed E-state index contributed by atoms with van der Waals surface area (Å²) >= 11 is 0. The third-order valence-electron chi connectivity index (χ3n) is 3.03. The quantitative estimate of drug-likeness (QED) is 0.856. The van der Waals surface area contributed by atoms with Gasteiger partial charge in [-0.3, -0.25) is 4.79 Å². The molecule has 1 aromatic carbocycles. The van der Waals surface area contributed by atoms with Crippen molar-refractivity contribution in [1.82, 2.24) is 4.57 Å². The number of aromatic hydroxyl groups is 1. The van der Waals surface area contributed by atoms with E-state index in [0.29, 0.717) is 6.04 Å². The second kappa shape index (κ2) is 3.77. The van der Waals surface area contributed by atoms with Crippen LogP contribution in [0.3, 0.4) is 0 Å². The molecule has 17 heavy (non-hydrogen) atoms. The molecule has 0 bridgehead atoms. The van der Waals surface area contributed by atoms with E-state index in [2.05, 4.69) is 0 Å². The Morgan fingerprint density at radius 1 is 1.12 bits per heavy atom. The Labute approximate surface area is 99.0 Å². The largest absolute Gasteiger partial charge is 0.508 e. The molecule has 3 nitrogen and oxygen atoms in total. The van der Waals surface area contributed by atoms with Crippen molar-refractivity contribution < 1.29 is 5.11 Å². The molecular weight excluding hydrogens is 214 g/mol. The van der Waals surface area contributed by atoms with Crippen molar-refractivity contribution in [2.75, 3.05) is 0 Å². The number of benzene rings is 1. The van der Waals surface area contributed by atoms with Crippen molar-refractivity contribution in [1.29, 1.82) is 0 Å². The Hall–Kier alpha value is -2.03. The van der Waals surface area contributed by atoms with Crippen molar-refractivity contribution in [3.63, 3.8) is 0 Å². The van der Waals surface area contributed by atoms with Gasteiger partial charge < -0.3 is 9.67 Å². The van der Waals surface area contributed by atoms with Gasteiger partial charge in [-0.25, -0.2) is 0 Å². The second-order valence-electron chi connectivity index (χ2n) is 4.40. The first-order chi connectivity index (χ1) is 8.25. The first kappa shape index (κ1) is 10.1. The van der Waals surface area contributed by atoms with Crippen LogP contribution in [0.15, 0.2) is 47.3 Å². The van der Waals surface area contributed by atoms with Crippen LogP contribution in [-0.4, -0.2) is 9.67 Å². The van der Waals surface area contributed by atoms with E-state index in [1.54, 1.807) is 10.6 Å². The van der Waals surface area contributed by atoms with E-state index >= 15 is 0 Å². The highest BCUT2D eigenvalue weighted by molar-refractivity contribution is 5.61. The summed E-state index contributed by atoms with van der Waals surface area (Å²) in [5, 5.41) is 9.57. The Morgan fingerprint density at radius 2 is 1.82 bits per heavy atom.